The largest absolute Gasteiger partial charge is 0.495 e. The molecule has 2 aliphatic rings. The number of fused-ring (bicyclic) bond motifs is 1. The molecule has 3 nitrogen and oxygen atoms in total. The minimum Gasteiger partial charge on any atom is -0.495 e. The fourth-order valence-corrected chi connectivity index (χ4v) is 2.49. The highest BCUT2D eigenvalue weighted by Crippen LogP contribution is 2.34. The average Bonchev–Trinajstić information content (AvgIpc) is 2.31. The van der Waals surface area contributed by atoms with E-state index in [2.05, 4.69) is 22.4 Å². The molecule has 0 bridgehead atoms. The third kappa shape index (κ3) is 1.61. The van der Waals surface area contributed by atoms with E-state index in [9.17, 15) is 0 Å². The number of nitrogens with one attached hydrogen (secondary N) is 1. The smallest absolute Gasteiger partial charge is 0.137 e. The van der Waals surface area contributed by atoms with Gasteiger partial charge in [0.25, 0.3) is 0 Å². The maximum absolute atomic E-state index is 5.20. The second-order valence-electron chi connectivity index (χ2n) is 4.56. The van der Waals surface area contributed by atoms with E-state index in [1.807, 2.05) is 6.20 Å². The van der Waals surface area contributed by atoms with E-state index >= 15 is 0 Å². The molecule has 0 saturated carbocycles. The molecule has 1 fully saturated rings. The van der Waals surface area contributed by atoms with E-state index in [1.54, 1.807) is 13.3 Å². The Morgan fingerprint density at radius 3 is 3.06 bits per heavy atom. The average molecular weight is 216 g/mol. The summed E-state index contributed by atoms with van der Waals surface area (Å²) in [4.78, 5) is 4.21. The number of pyridine rings is 1. The Hall–Kier alpha value is -1.35. The van der Waals surface area contributed by atoms with Crippen molar-refractivity contribution >= 4 is 5.57 Å². The summed E-state index contributed by atoms with van der Waals surface area (Å²) in [6.07, 6.45) is 8.35. The number of hydrogen-bond acceptors (Lipinski definition) is 3. The van der Waals surface area contributed by atoms with Crippen molar-refractivity contribution in [3.8, 4) is 5.75 Å². The summed E-state index contributed by atoms with van der Waals surface area (Å²) in [5.41, 5.74) is 2.60. The summed E-state index contributed by atoms with van der Waals surface area (Å²) in [7, 11) is 1.68. The molecule has 1 aliphatic carbocycles. The molecule has 1 aromatic rings. The summed E-state index contributed by atoms with van der Waals surface area (Å²) >= 11 is 0. The van der Waals surface area contributed by atoms with Crippen LogP contribution in [0.3, 0.4) is 0 Å². The third-order valence-electron chi connectivity index (χ3n) is 3.64. The summed E-state index contributed by atoms with van der Waals surface area (Å²) in [5.74, 6) is 1.70. The van der Waals surface area contributed by atoms with Crippen molar-refractivity contribution in [1.82, 2.24) is 10.3 Å². The van der Waals surface area contributed by atoms with Crippen molar-refractivity contribution in [1.29, 1.82) is 0 Å². The Morgan fingerprint density at radius 1 is 1.44 bits per heavy atom. The van der Waals surface area contributed by atoms with Gasteiger partial charge < -0.3 is 10.1 Å². The van der Waals surface area contributed by atoms with E-state index < -0.39 is 0 Å². The highest BCUT2D eigenvalue weighted by molar-refractivity contribution is 5.67. The molecule has 1 aromatic heterocycles. The molecule has 0 radical (unpaired) electrons. The number of nitrogens with zero attached hydrogens (tertiary/aromatic N) is 1. The molecule has 0 spiro atoms. The van der Waals surface area contributed by atoms with Gasteiger partial charge >= 0.3 is 0 Å². The molecule has 3 rings (SSSR count). The van der Waals surface area contributed by atoms with Gasteiger partial charge in [0, 0.05) is 18.8 Å². The van der Waals surface area contributed by atoms with Crippen LogP contribution in [0.5, 0.6) is 5.75 Å². The molecular weight excluding hydrogens is 200 g/mol. The Balaban J connectivity index is 1.85. The van der Waals surface area contributed by atoms with Crippen LogP contribution in [0.2, 0.25) is 0 Å². The molecular formula is C13H16N2O. The SMILES string of the molecule is COc1cncc(C2=CC[C@H]3CN[C@H]3C2)c1. The van der Waals surface area contributed by atoms with Crippen LogP contribution < -0.4 is 10.1 Å². The van der Waals surface area contributed by atoms with Crippen molar-refractivity contribution in [3.63, 3.8) is 0 Å². The predicted molar refractivity (Wildman–Crippen MR) is 63.3 cm³/mol. The van der Waals surface area contributed by atoms with Gasteiger partial charge in [-0.1, -0.05) is 6.08 Å². The van der Waals surface area contributed by atoms with Crippen LogP contribution >= 0.6 is 0 Å². The number of aromatic nitrogens is 1. The van der Waals surface area contributed by atoms with E-state index in [4.69, 9.17) is 4.74 Å². The van der Waals surface area contributed by atoms with E-state index in [-0.39, 0.29) is 0 Å². The van der Waals surface area contributed by atoms with Crippen molar-refractivity contribution in [3.05, 3.63) is 30.1 Å². The number of allylic oxidation sites excluding steroid dienone is 1. The molecule has 0 aromatic carbocycles. The first kappa shape index (κ1) is 9.85. The first-order valence-corrected chi connectivity index (χ1v) is 5.78. The monoisotopic (exact) mass is 216 g/mol. The second kappa shape index (κ2) is 3.91. The minimum absolute atomic E-state index is 0.686. The predicted octanol–water partition coefficient (Wildman–Crippen LogP) is 1.86. The Labute approximate surface area is 95.5 Å². The first-order chi connectivity index (χ1) is 7.86. The lowest BCUT2D eigenvalue weighted by molar-refractivity contribution is 0.230. The molecule has 1 saturated heterocycles. The number of rotatable bonds is 2. The van der Waals surface area contributed by atoms with Gasteiger partial charge in [-0.15, -0.1) is 0 Å². The second-order valence-corrected chi connectivity index (χ2v) is 4.56. The summed E-state index contributed by atoms with van der Waals surface area (Å²) in [6, 6.07) is 2.75. The molecule has 3 heteroatoms. The molecule has 84 valence electrons. The fourth-order valence-electron chi connectivity index (χ4n) is 2.49. The molecule has 2 heterocycles. The molecule has 2 atom stereocenters. The van der Waals surface area contributed by atoms with Crippen LogP contribution in [-0.2, 0) is 0 Å². The maximum Gasteiger partial charge on any atom is 0.137 e. The summed E-state index contributed by atoms with van der Waals surface area (Å²) in [6.45, 7) is 1.19. The molecule has 1 N–H and O–H groups in total. The van der Waals surface area contributed by atoms with Gasteiger partial charge in [0.15, 0.2) is 0 Å². The van der Waals surface area contributed by atoms with Crippen LogP contribution in [0.4, 0.5) is 0 Å². The lowest BCUT2D eigenvalue weighted by Crippen LogP contribution is -2.53. The number of hydrogen-bond donors (Lipinski definition) is 1. The van der Waals surface area contributed by atoms with Gasteiger partial charge in [-0.3, -0.25) is 4.98 Å². The minimum atomic E-state index is 0.686. The van der Waals surface area contributed by atoms with Crippen molar-refractivity contribution < 1.29 is 4.74 Å². The zero-order valence-corrected chi connectivity index (χ0v) is 9.44. The first-order valence-electron chi connectivity index (χ1n) is 5.78. The Bertz CT molecular complexity index is 428. The highest BCUT2D eigenvalue weighted by atomic mass is 16.5. The molecule has 0 amide bonds. The number of ether oxygens (including phenoxy) is 1. The standard InChI is InChI=1S/C13H16N2O/c1-16-12-4-11(6-14-8-12)9-2-3-10-7-15-13(10)5-9/h2,4,6,8,10,13,15H,3,5,7H2,1H3/t10-,13-/m0/s1. The third-order valence-corrected chi connectivity index (χ3v) is 3.64. The topological polar surface area (TPSA) is 34.1 Å². The summed E-state index contributed by atoms with van der Waals surface area (Å²) in [5, 5.41) is 3.48. The van der Waals surface area contributed by atoms with Crippen molar-refractivity contribution in [2.45, 2.75) is 18.9 Å². The van der Waals surface area contributed by atoms with Gasteiger partial charge in [-0.2, -0.15) is 0 Å². The molecule has 1 aliphatic heterocycles. The van der Waals surface area contributed by atoms with Crippen LogP contribution in [0.1, 0.15) is 18.4 Å². The molecule has 16 heavy (non-hydrogen) atoms. The van der Waals surface area contributed by atoms with Gasteiger partial charge in [0.1, 0.15) is 5.75 Å². The van der Waals surface area contributed by atoms with Crippen LogP contribution in [-0.4, -0.2) is 24.7 Å². The van der Waals surface area contributed by atoms with E-state index in [0.717, 1.165) is 18.1 Å². The number of methoxy groups -OCH3 is 1. The fraction of sp³-hybridized carbons (Fsp3) is 0.462. The van der Waals surface area contributed by atoms with E-state index in [1.165, 1.54) is 24.1 Å². The van der Waals surface area contributed by atoms with E-state index in [0.29, 0.717) is 6.04 Å². The maximum atomic E-state index is 5.20. The van der Waals surface area contributed by atoms with Crippen LogP contribution in [0, 0.1) is 5.92 Å². The highest BCUT2D eigenvalue weighted by Gasteiger charge is 2.32. The van der Waals surface area contributed by atoms with Crippen LogP contribution in [0.15, 0.2) is 24.5 Å². The van der Waals surface area contributed by atoms with Crippen molar-refractivity contribution in [2.24, 2.45) is 5.92 Å². The zero-order valence-electron chi connectivity index (χ0n) is 9.44. The zero-order chi connectivity index (χ0) is 11.0. The Morgan fingerprint density at radius 2 is 2.38 bits per heavy atom. The van der Waals surface area contributed by atoms with Crippen LogP contribution in [0.25, 0.3) is 5.57 Å². The normalized spacial score (nSPS) is 27.7. The lowest BCUT2D eigenvalue weighted by Gasteiger charge is -2.41. The van der Waals surface area contributed by atoms with Gasteiger partial charge in [-0.05, 0) is 36.0 Å². The van der Waals surface area contributed by atoms with Gasteiger partial charge in [0.05, 0.1) is 13.3 Å². The summed E-state index contributed by atoms with van der Waals surface area (Å²) < 4.78 is 5.20. The lowest BCUT2D eigenvalue weighted by atomic mass is 9.78. The quantitative estimate of drug-likeness (QED) is 0.819. The van der Waals surface area contributed by atoms with Gasteiger partial charge in [0.2, 0.25) is 0 Å². The van der Waals surface area contributed by atoms with Gasteiger partial charge in [-0.25, -0.2) is 0 Å². The molecule has 0 unspecified atom stereocenters. The van der Waals surface area contributed by atoms with Crippen molar-refractivity contribution in [2.75, 3.05) is 13.7 Å². The Kier molecular flexibility index (Phi) is 2.40.